The zero-order valence-corrected chi connectivity index (χ0v) is 8.46. The van der Waals surface area contributed by atoms with Crippen molar-refractivity contribution in [3.8, 4) is 0 Å². The molecule has 1 rings (SSSR count). The molecule has 0 aliphatic heterocycles. The molecule has 0 spiro atoms. The largest absolute Gasteiger partial charge is 0.378 e. The average molecular weight is 215 g/mol. The number of amidine groups is 1. The molecule has 0 aliphatic carbocycles. The Morgan fingerprint density at radius 3 is 2.57 bits per heavy atom. The topological polar surface area (TPSA) is 107 Å². The van der Waals surface area contributed by atoms with Crippen molar-refractivity contribution in [1.29, 1.82) is 5.41 Å². The van der Waals surface area contributed by atoms with Gasteiger partial charge in [0.25, 0.3) is 5.56 Å². The Hall–Kier alpha value is -1.57. The van der Waals surface area contributed by atoms with E-state index < -0.39 is 11.2 Å². The first-order chi connectivity index (χ1) is 6.43. The molecular formula is C6H9N5O2S. The fourth-order valence-corrected chi connectivity index (χ4v) is 1.43. The highest BCUT2D eigenvalue weighted by Gasteiger charge is 2.09. The Kier molecular flexibility index (Phi) is 2.75. The molecule has 0 saturated carbocycles. The molecule has 8 heteroatoms. The van der Waals surface area contributed by atoms with Gasteiger partial charge in [-0.05, 0) is 11.8 Å². The maximum atomic E-state index is 11.4. The maximum Gasteiger partial charge on any atom is 0.346 e. The lowest BCUT2D eigenvalue weighted by atomic mass is 10.8. The average Bonchev–Trinajstić information content (AvgIpc) is 2.10. The summed E-state index contributed by atoms with van der Waals surface area (Å²) in [5.74, 6) is 0. The van der Waals surface area contributed by atoms with Crippen LogP contribution in [0.3, 0.4) is 0 Å². The third-order valence-corrected chi connectivity index (χ3v) is 2.17. The van der Waals surface area contributed by atoms with Crippen LogP contribution in [0.25, 0.3) is 0 Å². The highest BCUT2D eigenvalue weighted by molar-refractivity contribution is 8.13. The highest BCUT2D eigenvalue weighted by Crippen LogP contribution is 2.06. The van der Waals surface area contributed by atoms with E-state index in [0.717, 1.165) is 21.0 Å². The van der Waals surface area contributed by atoms with E-state index in [1.807, 2.05) is 0 Å². The third kappa shape index (κ3) is 1.84. The van der Waals surface area contributed by atoms with Gasteiger partial charge in [-0.1, -0.05) is 0 Å². The van der Waals surface area contributed by atoms with Gasteiger partial charge >= 0.3 is 5.69 Å². The second kappa shape index (κ2) is 3.66. The lowest BCUT2D eigenvalue weighted by Crippen LogP contribution is -2.39. The molecule has 0 saturated heterocycles. The van der Waals surface area contributed by atoms with Crippen molar-refractivity contribution in [2.75, 3.05) is 0 Å². The summed E-state index contributed by atoms with van der Waals surface area (Å²) in [5, 5.41) is 10.4. The minimum absolute atomic E-state index is 0.0158. The summed E-state index contributed by atoms with van der Waals surface area (Å²) >= 11 is 0.719. The number of aryl methyl sites for hydroxylation is 1. The van der Waals surface area contributed by atoms with E-state index in [1.54, 1.807) is 0 Å². The quantitative estimate of drug-likeness (QED) is 0.335. The van der Waals surface area contributed by atoms with Crippen molar-refractivity contribution in [2.24, 2.45) is 19.8 Å². The number of aromatic nitrogens is 3. The Balaban J connectivity index is 3.41. The fourth-order valence-electron chi connectivity index (χ4n) is 0.837. The summed E-state index contributed by atoms with van der Waals surface area (Å²) in [6.07, 6.45) is 0. The smallest absolute Gasteiger partial charge is 0.346 e. The van der Waals surface area contributed by atoms with Gasteiger partial charge in [-0.25, -0.2) is 9.48 Å². The molecule has 7 nitrogen and oxygen atoms in total. The first-order valence-corrected chi connectivity index (χ1v) is 4.41. The molecule has 0 unspecified atom stereocenters. The Bertz CT molecular complexity index is 488. The normalized spacial score (nSPS) is 10.1. The minimum atomic E-state index is -0.548. The SMILES string of the molecule is Cn1nc(SC(=N)N)c(=O)n(C)c1=O. The molecule has 0 fully saturated rings. The number of hydrogen-bond acceptors (Lipinski definition) is 5. The zero-order valence-electron chi connectivity index (χ0n) is 7.64. The number of rotatable bonds is 1. The molecular weight excluding hydrogens is 206 g/mol. The van der Waals surface area contributed by atoms with Gasteiger partial charge in [0, 0.05) is 14.1 Å². The predicted molar refractivity (Wildman–Crippen MR) is 52.5 cm³/mol. The van der Waals surface area contributed by atoms with E-state index >= 15 is 0 Å². The van der Waals surface area contributed by atoms with Crippen LogP contribution in [-0.4, -0.2) is 19.5 Å². The Morgan fingerprint density at radius 2 is 2.07 bits per heavy atom. The van der Waals surface area contributed by atoms with Crippen LogP contribution >= 0.6 is 11.8 Å². The van der Waals surface area contributed by atoms with E-state index in [0.29, 0.717) is 0 Å². The van der Waals surface area contributed by atoms with E-state index in [9.17, 15) is 9.59 Å². The van der Waals surface area contributed by atoms with Gasteiger partial charge in [-0.15, -0.1) is 0 Å². The molecule has 0 bridgehead atoms. The lowest BCUT2D eigenvalue weighted by molar-refractivity contribution is 0.562. The van der Waals surface area contributed by atoms with Crippen LogP contribution < -0.4 is 17.0 Å². The summed E-state index contributed by atoms with van der Waals surface area (Å²) < 4.78 is 1.94. The number of thioether (sulfide) groups is 1. The zero-order chi connectivity index (χ0) is 10.9. The molecule has 3 N–H and O–H groups in total. The second-order valence-electron chi connectivity index (χ2n) is 2.54. The molecule has 76 valence electrons. The van der Waals surface area contributed by atoms with Crippen LogP contribution in [-0.2, 0) is 14.1 Å². The van der Waals surface area contributed by atoms with Gasteiger partial charge in [0.15, 0.2) is 10.2 Å². The maximum absolute atomic E-state index is 11.4. The van der Waals surface area contributed by atoms with E-state index in [1.165, 1.54) is 14.1 Å². The lowest BCUT2D eigenvalue weighted by Gasteiger charge is -2.03. The molecule has 0 aromatic carbocycles. The molecule has 14 heavy (non-hydrogen) atoms. The van der Waals surface area contributed by atoms with Crippen LogP contribution in [0.1, 0.15) is 0 Å². The molecule has 0 aliphatic rings. The summed E-state index contributed by atoms with van der Waals surface area (Å²) in [5.41, 5.74) is 4.04. The Morgan fingerprint density at radius 1 is 1.50 bits per heavy atom. The van der Waals surface area contributed by atoms with Crippen molar-refractivity contribution in [3.63, 3.8) is 0 Å². The van der Waals surface area contributed by atoms with Gasteiger partial charge in [0.05, 0.1) is 0 Å². The number of nitrogens with one attached hydrogen (secondary N) is 1. The van der Waals surface area contributed by atoms with Gasteiger partial charge in [-0.3, -0.25) is 14.8 Å². The first kappa shape index (κ1) is 10.5. The summed E-state index contributed by atoms with van der Waals surface area (Å²) in [6.45, 7) is 0. The van der Waals surface area contributed by atoms with Gasteiger partial charge in [-0.2, -0.15) is 5.10 Å². The van der Waals surface area contributed by atoms with Crippen LogP contribution in [0.15, 0.2) is 14.6 Å². The fraction of sp³-hybridized carbons (Fsp3) is 0.333. The minimum Gasteiger partial charge on any atom is -0.378 e. The molecule has 0 atom stereocenters. The van der Waals surface area contributed by atoms with Crippen molar-refractivity contribution in [3.05, 3.63) is 20.8 Å². The van der Waals surface area contributed by atoms with Crippen LogP contribution in [0.2, 0.25) is 0 Å². The summed E-state index contributed by atoms with van der Waals surface area (Å²) in [4.78, 5) is 22.6. The van der Waals surface area contributed by atoms with E-state index in [4.69, 9.17) is 11.1 Å². The second-order valence-corrected chi connectivity index (χ2v) is 3.57. The standard InChI is InChI=1S/C6H9N5O2S/c1-10-4(12)3(14-5(7)8)9-11(2)6(10)13/h1-2H3,(H3,7,8). The van der Waals surface area contributed by atoms with Crippen molar-refractivity contribution >= 4 is 16.9 Å². The number of nitrogens with two attached hydrogens (primary N) is 1. The third-order valence-electron chi connectivity index (χ3n) is 1.50. The van der Waals surface area contributed by atoms with Crippen molar-refractivity contribution in [2.45, 2.75) is 5.03 Å². The summed E-state index contributed by atoms with van der Waals surface area (Å²) in [7, 11) is 2.77. The first-order valence-electron chi connectivity index (χ1n) is 3.59. The number of nitrogens with zero attached hydrogens (tertiary/aromatic N) is 3. The number of hydrogen-bond donors (Lipinski definition) is 2. The van der Waals surface area contributed by atoms with Crippen LogP contribution in [0.4, 0.5) is 0 Å². The van der Waals surface area contributed by atoms with E-state index in [2.05, 4.69) is 5.10 Å². The van der Waals surface area contributed by atoms with Crippen molar-refractivity contribution in [1.82, 2.24) is 14.3 Å². The van der Waals surface area contributed by atoms with Gasteiger partial charge < -0.3 is 5.73 Å². The molecule has 1 aromatic rings. The van der Waals surface area contributed by atoms with Crippen molar-refractivity contribution < 1.29 is 0 Å². The van der Waals surface area contributed by atoms with Gasteiger partial charge in [0.2, 0.25) is 0 Å². The van der Waals surface area contributed by atoms with Gasteiger partial charge in [0.1, 0.15) is 0 Å². The highest BCUT2D eigenvalue weighted by atomic mass is 32.2. The predicted octanol–water partition coefficient (Wildman–Crippen LogP) is -1.54. The molecule has 0 radical (unpaired) electrons. The molecule has 1 heterocycles. The molecule has 0 amide bonds. The molecule has 1 aromatic heterocycles. The summed E-state index contributed by atoms with van der Waals surface area (Å²) in [6, 6.07) is 0. The van der Waals surface area contributed by atoms with E-state index in [-0.39, 0.29) is 10.2 Å². The Labute approximate surface area is 83.0 Å². The van der Waals surface area contributed by atoms with Crippen LogP contribution in [0, 0.1) is 5.41 Å². The monoisotopic (exact) mass is 215 g/mol. The van der Waals surface area contributed by atoms with Crippen LogP contribution in [0.5, 0.6) is 0 Å².